The van der Waals surface area contributed by atoms with Crippen molar-refractivity contribution < 1.29 is 4.42 Å². The Morgan fingerprint density at radius 2 is 1.55 bits per heavy atom. The Balaban J connectivity index is 1.93. The molecule has 100 valence electrons. The lowest BCUT2D eigenvalue weighted by molar-refractivity contribution is 0.474. The van der Waals surface area contributed by atoms with E-state index in [0.717, 1.165) is 12.0 Å². The van der Waals surface area contributed by atoms with Gasteiger partial charge in [0.1, 0.15) is 0 Å². The summed E-state index contributed by atoms with van der Waals surface area (Å²) in [5.74, 6) is 1.41. The Hall–Kier alpha value is -2.42. The van der Waals surface area contributed by atoms with Gasteiger partial charge in [-0.3, -0.25) is 0 Å². The minimum Gasteiger partial charge on any atom is -0.420 e. The maximum absolute atomic E-state index is 5.85. The third-order valence-corrected chi connectivity index (χ3v) is 3.37. The fourth-order valence-electron chi connectivity index (χ4n) is 2.31. The van der Waals surface area contributed by atoms with Crippen LogP contribution in [0, 0.1) is 0 Å². The van der Waals surface area contributed by atoms with E-state index in [-0.39, 0.29) is 5.92 Å². The van der Waals surface area contributed by atoms with Crippen LogP contribution < -0.4 is 0 Å². The summed E-state index contributed by atoms with van der Waals surface area (Å²) in [5.41, 5.74) is 2.16. The van der Waals surface area contributed by atoms with Crippen LogP contribution in [-0.4, -0.2) is 10.2 Å². The summed E-state index contributed by atoms with van der Waals surface area (Å²) in [6.45, 7) is 2.13. The van der Waals surface area contributed by atoms with Gasteiger partial charge in [-0.1, -0.05) is 55.5 Å². The van der Waals surface area contributed by atoms with E-state index in [1.807, 2.05) is 48.5 Å². The molecule has 0 N–H and O–H groups in total. The molecule has 0 amide bonds. The van der Waals surface area contributed by atoms with Crippen LogP contribution in [-0.2, 0) is 0 Å². The van der Waals surface area contributed by atoms with Gasteiger partial charge in [0.25, 0.3) is 0 Å². The zero-order chi connectivity index (χ0) is 13.8. The van der Waals surface area contributed by atoms with Crippen molar-refractivity contribution in [3.05, 3.63) is 72.1 Å². The molecule has 0 fully saturated rings. The van der Waals surface area contributed by atoms with E-state index in [0.29, 0.717) is 11.8 Å². The molecular weight excluding hydrogens is 248 g/mol. The number of nitrogens with zero attached hydrogens (tertiary/aromatic N) is 2. The van der Waals surface area contributed by atoms with Crippen molar-refractivity contribution in [3.63, 3.8) is 0 Å². The van der Waals surface area contributed by atoms with E-state index in [1.54, 1.807) is 0 Å². The summed E-state index contributed by atoms with van der Waals surface area (Å²) in [6, 6.07) is 20.1. The van der Waals surface area contributed by atoms with E-state index in [1.165, 1.54) is 5.56 Å². The predicted molar refractivity (Wildman–Crippen MR) is 78.3 cm³/mol. The van der Waals surface area contributed by atoms with Gasteiger partial charge in [0.15, 0.2) is 0 Å². The van der Waals surface area contributed by atoms with Gasteiger partial charge in [-0.15, -0.1) is 10.2 Å². The molecule has 0 saturated heterocycles. The smallest absolute Gasteiger partial charge is 0.247 e. The zero-order valence-electron chi connectivity index (χ0n) is 11.4. The van der Waals surface area contributed by atoms with Crippen LogP contribution in [0.5, 0.6) is 0 Å². The molecule has 0 bridgehead atoms. The Labute approximate surface area is 118 Å². The number of aromatic nitrogens is 2. The van der Waals surface area contributed by atoms with Crippen molar-refractivity contribution in [2.24, 2.45) is 0 Å². The van der Waals surface area contributed by atoms with E-state index in [9.17, 15) is 0 Å². The molecule has 1 unspecified atom stereocenters. The standard InChI is InChI=1S/C17H16N2O/c1-2-15(13-9-5-3-6-10-13)17-19-18-16(20-17)14-11-7-4-8-12-14/h3-12,15H,2H2,1H3. The second-order valence-electron chi connectivity index (χ2n) is 4.68. The van der Waals surface area contributed by atoms with Crippen LogP contribution >= 0.6 is 0 Å². The first kappa shape index (κ1) is 12.6. The SMILES string of the molecule is CCC(c1ccccc1)c1nnc(-c2ccccc2)o1. The first-order valence-electron chi connectivity index (χ1n) is 6.82. The highest BCUT2D eigenvalue weighted by Gasteiger charge is 2.19. The van der Waals surface area contributed by atoms with E-state index in [4.69, 9.17) is 4.42 Å². The van der Waals surface area contributed by atoms with E-state index < -0.39 is 0 Å². The van der Waals surface area contributed by atoms with Crippen LogP contribution in [0.4, 0.5) is 0 Å². The highest BCUT2D eigenvalue weighted by atomic mass is 16.4. The second kappa shape index (κ2) is 5.70. The Bertz CT molecular complexity index is 662. The zero-order valence-corrected chi connectivity index (χ0v) is 11.4. The number of benzene rings is 2. The molecule has 0 spiro atoms. The van der Waals surface area contributed by atoms with Gasteiger partial charge in [-0.05, 0) is 24.1 Å². The van der Waals surface area contributed by atoms with E-state index >= 15 is 0 Å². The van der Waals surface area contributed by atoms with Gasteiger partial charge < -0.3 is 4.42 Å². The summed E-state index contributed by atoms with van der Waals surface area (Å²) in [5, 5.41) is 8.39. The topological polar surface area (TPSA) is 38.9 Å². The van der Waals surface area contributed by atoms with Crippen LogP contribution in [0.15, 0.2) is 65.1 Å². The molecule has 3 aromatic rings. The largest absolute Gasteiger partial charge is 0.420 e. The molecule has 0 aliphatic carbocycles. The van der Waals surface area contributed by atoms with Crippen LogP contribution in [0.2, 0.25) is 0 Å². The summed E-state index contributed by atoms with van der Waals surface area (Å²) < 4.78 is 5.85. The second-order valence-corrected chi connectivity index (χ2v) is 4.68. The summed E-state index contributed by atoms with van der Waals surface area (Å²) in [7, 11) is 0. The monoisotopic (exact) mass is 264 g/mol. The minimum absolute atomic E-state index is 0.154. The molecule has 2 aromatic carbocycles. The lowest BCUT2D eigenvalue weighted by atomic mass is 9.97. The first-order chi connectivity index (χ1) is 9.88. The first-order valence-corrected chi connectivity index (χ1v) is 6.82. The van der Waals surface area contributed by atoms with Crippen molar-refractivity contribution in [2.75, 3.05) is 0 Å². The van der Waals surface area contributed by atoms with Gasteiger partial charge in [0.2, 0.25) is 11.8 Å². The number of hydrogen-bond donors (Lipinski definition) is 0. The van der Waals surface area contributed by atoms with Gasteiger partial charge in [0, 0.05) is 5.56 Å². The highest BCUT2D eigenvalue weighted by Crippen LogP contribution is 2.28. The number of rotatable bonds is 4. The predicted octanol–water partition coefficient (Wildman–Crippen LogP) is 4.28. The Kier molecular flexibility index (Phi) is 3.59. The van der Waals surface area contributed by atoms with Crippen molar-refractivity contribution in [2.45, 2.75) is 19.3 Å². The van der Waals surface area contributed by atoms with Crippen LogP contribution in [0.1, 0.15) is 30.7 Å². The molecule has 1 heterocycles. The Morgan fingerprint density at radius 1 is 0.900 bits per heavy atom. The average Bonchev–Trinajstić information content (AvgIpc) is 3.00. The molecule has 0 aliphatic heterocycles. The van der Waals surface area contributed by atoms with Crippen molar-refractivity contribution in [1.29, 1.82) is 0 Å². The van der Waals surface area contributed by atoms with Gasteiger partial charge >= 0.3 is 0 Å². The summed E-state index contributed by atoms with van der Waals surface area (Å²) >= 11 is 0. The maximum Gasteiger partial charge on any atom is 0.247 e. The molecule has 1 aromatic heterocycles. The maximum atomic E-state index is 5.85. The summed E-state index contributed by atoms with van der Waals surface area (Å²) in [6.07, 6.45) is 0.931. The third kappa shape index (κ3) is 2.48. The van der Waals surface area contributed by atoms with Crippen molar-refractivity contribution in [3.8, 4) is 11.5 Å². The minimum atomic E-state index is 0.154. The van der Waals surface area contributed by atoms with E-state index in [2.05, 4.69) is 29.3 Å². The molecule has 0 aliphatic rings. The molecule has 3 heteroatoms. The highest BCUT2D eigenvalue weighted by molar-refractivity contribution is 5.51. The van der Waals surface area contributed by atoms with Gasteiger partial charge in [0.05, 0.1) is 5.92 Å². The van der Waals surface area contributed by atoms with Gasteiger partial charge in [-0.2, -0.15) is 0 Å². The number of hydrogen-bond acceptors (Lipinski definition) is 3. The Morgan fingerprint density at radius 3 is 2.20 bits per heavy atom. The molecule has 1 atom stereocenters. The molecule has 0 saturated carbocycles. The molecule has 20 heavy (non-hydrogen) atoms. The molecule has 0 radical (unpaired) electrons. The van der Waals surface area contributed by atoms with Crippen LogP contribution in [0.3, 0.4) is 0 Å². The lowest BCUT2D eigenvalue weighted by Crippen LogP contribution is -1.99. The fraction of sp³-hybridized carbons (Fsp3) is 0.176. The van der Waals surface area contributed by atoms with Gasteiger partial charge in [-0.25, -0.2) is 0 Å². The lowest BCUT2D eigenvalue weighted by Gasteiger charge is -2.10. The third-order valence-electron chi connectivity index (χ3n) is 3.37. The molecular formula is C17H16N2O. The van der Waals surface area contributed by atoms with Crippen molar-refractivity contribution >= 4 is 0 Å². The normalized spacial score (nSPS) is 12.2. The molecule has 3 rings (SSSR count). The molecule has 3 nitrogen and oxygen atoms in total. The van der Waals surface area contributed by atoms with Crippen molar-refractivity contribution in [1.82, 2.24) is 10.2 Å². The quantitative estimate of drug-likeness (QED) is 0.706. The summed E-state index contributed by atoms with van der Waals surface area (Å²) in [4.78, 5) is 0. The fourth-order valence-corrected chi connectivity index (χ4v) is 2.31. The van der Waals surface area contributed by atoms with Crippen LogP contribution in [0.25, 0.3) is 11.5 Å². The average molecular weight is 264 g/mol.